The average Bonchev–Trinajstić information content (AvgIpc) is 3.14. The highest BCUT2D eigenvalue weighted by atomic mass is 32.1. The molecule has 3 aromatic rings. The first kappa shape index (κ1) is 14.6. The Balaban J connectivity index is 1.89. The number of pyridine rings is 1. The van der Waals surface area contributed by atoms with E-state index in [9.17, 15) is 4.79 Å². The lowest BCUT2D eigenvalue weighted by Gasteiger charge is -2.25. The number of aryl methyl sites for hydroxylation is 1. The molecule has 5 nitrogen and oxygen atoms in total. The smallest absolute Gasteiger partial charge is 0.265 e. The molecule has 0 saturated heterocycles. The molecule has 1 amide bonds. The number of nitrogens with zero attached hydrogens (tertiary/aromatic N) is 1. The van der Waals surface area contributed by atoms with E-state index >= 15 is 0 Å². The number of carbonyl (C=O) groups is 1. The predicted molar refractivity (Wildman–Crippen MR) is 93.2 cm³/mol. The number of hydrogen-bond acceptors (Lipinski definition) is 6. The number of fused-ring (bicyclic) bond motifs is 3. The Kier molecular flexibility index (Phi) is 3.56. The van der Waals surface area contributed by atoms with Gasteiger partial charge in [-0.05, 0) is 30.0 Å². The number of rotatable bonds is 3. The first-order chi connectivity index (χ1) is 11.2. The van der Waals surface area contributed by atoms with Crippen LogP contribution in [0.2, 0.25) is 0 Å². The van der Waals surface area contributed by atoms with Gasteiger partial charge in [-0.25, -0.2) is 4.98 Å². The lowest BCUT2D eigenvalue weighted by molar-refractivity contribution is 0.0941. The van der Waals surface area contributed by atoms with Gasteiger partial charge in [0.15, 0.2) is 0 Å². The van der Waals surface area contributed by atoms with Gasteiger partial charge < -0.3 is 15.4 Å². The molecule has 23 heavy (non-hydrogen) atoms. The molecule has 4 heterocycles. The average molecular weight is 345 g/mol. The summed E-state index contributed by atoms with van der Waals surface area (Å²) in [6.07, 6.45) is -0.204. The standard InChI is InChI=1S/C16H15N3O2S2/c1-8-6-9(7-21-2)11-12-13(23-16(11)17-8)15(20)19-14(18-12)10-4-3-5-22-10/h3-6,14,18H,7H2,1-2H3,(H,19,20)/t14-/m1/s1. The normalized spacial score (nSPS) is 17.0. The summed E-state index contributed by atoms with van der Waals surface area (Å²) >= 11 is 3.04. The third-order valence-corrected chi connectivity index (χ3v) is 5.79. The quantitative estimate of drug-likeness (QED) is 0.760. The van der Waals surface area contributed by atoms with Crippen LogP contribution in [0.3, 0.4) is 0 Å². The topological polar surface area (TPSA) is 63.2 Å². The summed E-state index contributed by atoms with van der Waals surface area (Å²) in [7, 11) is 1.68. The number of hydrogen-bond donors (Lipinski definition) is 2. The molecule has 2 N–H and O–H groups in total. The van der Waals surface area contributed by atoms with Gasteiger partial charge in [0.05, 0.1) is 12.3 Å². The third kappa shape index (κ3) is 2.41. The molecule has 0 saturated carbocycles. The van der Waals surface area contributed by atoms with E-state index in [1.807, 2.05) is 30.5 Å². The molecule has 0 spiro atoms. The number of thiophene rings is 2. The van der Waals surface area contributed by atoms with Gasteiger partial charge in [-0.3, -0.25) is 4.79 Å². The number of carbonyl (C=O) groups excluding carboxylic acids is 1. The van der Waals surface area contributed by atoms with E-state index in [-0.39, 0.29) is 12.1 Å². The summed E-state index contributed by atoms with van der Waals surface area (Å²) < 4.78 is 5.33. The molecule has 3 aromatic heterocycles. The van der Waals surface area contributed by atoms with Crippen LogP contribution in [0.25, 0.3) is 10.2 Å². The van der Waals surface area contributed by atoms with Gasteiger partial charge in [0.1, 0.15) is 15.9 Å². The molecule has 1 aliphatic heterocycles. The zero-order valence-electron chi connectivity index (χ0n) is 12.7. The highest BCUT2D eigenvalue weighted by molar-refractivity contribution is 7.21. The highest BCUT2D eigenvalue weighted by Gasteiger charge is 2.30. The van der Waals surface area contributed by atoms with Gasteiger partial charge in [0.25, 0.3) is 5.91 Å². The largest absolute Gasteiger partial charge is 0.380 e. The monoisotopic (exact) mass is 345 g/mol. The highest BCUT2D eigenvalue weighted by Crippen LogP contribution is 2.41. The van der Waals surface area contributed by atoms with Gasteiger partial charge in [-0.15, -0.1) is 22.7 Å². The molecule has 0 aromatic carbocycles. The fourth-order valence-corrected chi connectivity index (χ4v) is 4.71. The third-order valence-electron chi connectivity index (χ3n) is 3.77. The second kappa shape index (κ2) is 5.59. The lowest BCUT2D eigenvalue weighted by atomic mass is 10.1. The Labute approximate surface area is 141 Å². The number of aromatic nitrogens is 1. The van der Waals surface area contributed by atoms with E-state index in [4.69, 9.17) is 4.74 Å². The molecule has 0 bridgehead atoms. The Morgan fingerprint density at radius 3 is 3.00 bits per heavy atom. The van der Waals surface area contributed by atoms with Crippen LogP contribution in [0.15, 0.2) is 23.6 Å². The lowest BCUT2D eigenvalue weighted by Crippen LogP contribution is -2.37. The molecular formula is C16H15N3O2S2. The first-order valence-electron chi connectivity index (χ1n) is 7.20. The first-order valence-corrected chi connectivity index (χ1v) is 8.89. The van der Waals surface area contributed by atoms with Gasteiger partial charge >= 0.3 is 0 Å². The molecule has 7 heteroatoms. The Bertz CT molecular complexity index is 887. The van der Waals surface area contributed by atoms with Crippen molar-refractivity contribution in [2.75, 3.05) is 12.4 Å². The number of anilines is 1. The van der Waals surface area contributed by atoms with Crippen LogP contribution >= 0.6 is 22.7 Å². The summed E-state index contributed by atoms with van der Waals surface area (Å²) in [5, 5.41) is 9.48. The number of nitrogens with one attached hydrogen (secondary N) is 2. The maximum absolute atomic E-state index is 12.5. The van der Waals surface area contributed by atoms with Crippen molar-refractivity contribution in [2.24, 2.45) is 0 Å². The van der Waals surface area contributed by atoms with Crippen molar-refractivity contribution >= 4 is 44.5 Å². The van der Waals surface area contributed by atoms with Gasteiger partial charge in [0, 0.05) is 23.1 Å². The fraction of sp³-hybridized carbons (Fsp3) is 0.250. The van der Waals surface area contributed by atoms with Crippen LogP contribution in [-0.2, 0) is 11.3 Å². The van der Waals surface area contributed by atoms with Gasteiger partial charge in [-0.2, -0.15) is 0 Å². The zero-order valence-corrected chi connectivity index (χ0v) is 14.3. The van der Waals surface area contributed by atoms with Crippen molar-refractivity contribution < 1.29 is 9.53 Å². The molecule has 0 unspecified atom stereocenters. The maximum atomic E-state index is 12.5. The van der Waals surface area contributed by atoms with Gasteiger partial charge in [-0.1, -0.05) is 6.07 Å². The van der Waals surface area contributed by atoms with E-state index < -0.39 is 0 Å². The summed E-state index contributed by atoms with van der Waals surface area (Å²) in [6, 6.07) is 6.02. The summed E-state index contributed by atoms with van der Waals surface area (Å²) in [5.74, 6) is -0.0545. The van der Waals surface area contributed by atoms with Crippen molar-refractivity contribution in [1.82, 2.24) is 10.3 Å². The van der Waals surface area contributed by atoms with E-state index in [2.05, 4.69) is 15.6 Å². The molecule has 0 radical (unpaired) electrons. The van der Waals surface area contributed by atoms with Crippen LogP contribution in [-0.4, -0.2) is 18.0 Å². The molecule has 0 fully saturated rings. The Morgan fingerprint density at radius 2 is 2.26 bits per heavy atom. The molecule has 4 rings (SSSR count). The van der Waals surface area contributed by atoms with Crippen molar-refractivity contribution in [1.29, 1.82) is 0 Å². The summed E-state index contributed by atoms with van der Waals surface area (Å²) in [5.41, 5.74) is 2.85. The second-order valence-corrected chi connectivity index (χ2v) is 7.39. The summed E-state index contributed by atoms with van der Waals surface area (Å²) in [4.78, 5) is 19.7. The van der Waals surface area contributed by atoms with Crippen molar-refractivity contribution in [2.45, 2.75) is 19.7 Å². The van der Waals surface area contributed by atoms with Crippen molar-refractivity contribution in [3.63, 3.8) is 0 Å². The minimum atomic E-state index is -0.204. The minimum Gasteiger partial charge on any atom is -0.380 e. The van der Waals surface area contributed by atoms with Crippen LogP contribution in [0.4, 0.5) is 5.69 Å². The molecular weight excluding hydrogens is 330 g/mol. The summed E-state index contributed by atoms with van der Waals surface area (Å²) in [6.45, 7) is 2.45. The fourth-order valence-electron chi connectivity index (χ4n) is 2.85. The minimum absolute atomic E-state index is 0.0545. The van der Waals surface area contributed by atoms with Crippen molar-refractivity contribution in [3.8, 4) is 0 Å². The van der Waals surface area contributed by atoms with Gasteiger partial charge in [0.2, 0.25) is 0 Å². The molecule has 118 valence electrons. The second-order valence-electron chi connectivity index (χ2n) is 5.41. The van der Waals surface area contributed by atoms with Crippen LogP contribution in [0.1, 0.15) is 32.0 Å². The Hall–Kier alpha value is -1.96. The van der Waals surface area contributed by atoms with Crippen molar-refractivity contribution in [3.05, 3.63) is 44.6 Å². The van der Waals surface area contributed by atoms with Crippen LogP contribution in [0.5, 0.6) is 0 Å². The van der Waals surface area contributed by atoms with E-state index in [0.717, 1.165) is 32.0 Å². The predicted octanol–water partition coefficient (Wildman–Crippen LogP) is 3.67. The number of methoxy groups -OCH3 is 1. The zero-order chi connectivity index (χ0) is 16.0. The van der Waals surface area contributed by atoms with E-state index in [0.29, 0.717) is 11.5 Å². The molecule has 1 atom stereocenters. The Morgan fingerprint density at radius 1 is 1.39 bits per heavy atom. The number of amides is 1. The molecule has 0 aliphatic carbocycles. The van der Waals surface area contributed by atoms with Crippen LogP contribution in [0, 0.1) is 6.92 Å². The maximum Gasteiger partial charge on any atom is 0.265 e. The SMILES string of the molecule is COCc1cc(C)nc2sc3c(c12)N[C@@H](c1cccs1)NC3=O. The number of ether oxygens (including phenoxy) is 1. The van der Waals surface area contributed by atoms with E-state index in [1.165, 1.54) is 11.3 Å². The van der Waals surface area contributed by atoms with E-state index in [1.54, 1.807) is 18.4 Å². The molecule has 1 aliphatic rings. The van der Waals surface area contributed by atoms with Crippen LogP contribution < -0.4 is 10.6 Å².